The van der Waals surface area contributed by atoms with Crippen molar-refractivity contribution in [1.29, 1.82) is 0 Å². The minimum absolute atomic E-state index is 0.0381. The molecule has 0 aromatic carbocycles. The Morgan fingerprint density at radius 3 is 2.75 bits per heavy atom. The molecule has 6 nitrogen and oxygen atoms in total. The average molecular weight is 420 g/mol. The van der Waals surface area contributed by atoms with E-state index >= 15 is 0 Å². The largest absolute Gasteiger partial charge is 0.481 e. The number of anilines is 1. The van der Waals surface area contributed by atoms with Crippen LogP contribution in [0.1, 0.15) is 18.4 Å². The molecule has 146 valence electrons. The second kappa shape index (κ2) is 6.58. The van der Waals surface area contributed by atoms with E-state index in [1.807, 2.05) is 12.1 Å². The summed E-state index contributed by atoms with van der Waals surface area (Å²) in [6.45, 7) is 2.24. The van der Waals surface area contributed by atoms with Crippen LogP contribution in [0.3, 0.4) is 0 Å². The van der Waals surface area contributed by atoms with Crippen LogP contribution in [0.5, 0.6) is 5.88 Å². The molecule has 3 aliphatic rings. The summed E-state index contributed by atoms with van der Waals surface area (Å²) >= 11 is 11.9. The standard InChI is InChI=1S/C20H19Cl2N3O3/c1-8-13-14(8)18-16(20(26)25-10-6-11(21)19(22)24-7-10)15(17(13)28-18)9-3-4-23-12(5-9)27-2/h3-8,13-18H,1-2H3,(H,25,26). The summed E-state index contributed by atoms with van der Waals surface area (Å²) in [5.41, 5.74) is 1.54. The third-order valence-electron chi connectivity index (χ3n) is 6.41. The molecular formula is C20H19Cl2N3O3. The van der Waals surface area contributed by atoms with Crippen LogP contribution < -0.4 is 10.1 Å². The first-order valence-corrected chi connectivity index (χ1v) is 10.0. The lowest BCUT2D eigenvalue weighted by Crippen LogP contribution is -2.37. The number of ether oxygens (including phenoxy) is 2. The number of hydrogen-bond donors (Lipinski definition) is 1. The summed E-state index contributed by atoms with van der Waals surface area (Å²) in [4.78, 5) is 21.5. The van der Waals surface area contributed by atoms with E-state index < -0.39 is 0 Å². The Kier molecular flexibility index (Phi) is 4.27. The molecule has 7 atom stereocenters. The predicted octanol–water partition coefficient (Wildman–Crippen LogP) is 3.79. The van der Waals surface area contributed by atoms with E-state index in [-0.39, 0.29) is 35.1 Å². The topological polar surface area (TPSA) is 73.3 Å². The molecule has 28 heavy (non-hydrogen) atoms. The van der Waals surface area contributed by atoms with Crippen molar-refractivity contribution in [3.63, 3.8) is 0 Å². The van der Waals surface area contributed by atoms with Crippen LogP contribution in [0, 0.1) is 23.7 Å². The maximum Gasteiger partial charge on any atom is 0.230 e. The SMILES string of the molecule is COc1cc(C2C3OC(C2C(=O)Nc2cnc(Cl)c(Cl)c2)C2C(C)C32)ccn1. The van der Waals surface area contributed by atoms with Gasteiger partial charge in [-0.15, -0.1) is 0 Å². The van der Waals surface area contributed by atoms with Gasteiger partial charge in [0.1, 0.15) is 5.15 Å². The van der Waals surface area contributed by atoms with Crippen molar-refractivity contribution >= 4 is 34.8 Å². The number of aromatic nitrogens is 2. The monoisotopic (exact) mass is 419 g/mol. The number of hydrogen-bond acceptors (Lipinski definition) is 5. The molecule has 2 saturated heterocycles. The van der Waals surface area contributed by atoms with Gasteiger partial charge in [0.05, 0.1) is 42.1 Å². The van der Waals surface area contributed by atoms with Crippen molar-refractivity contribution in [2.75, 3.05) is 12.4 Å². The first kappa shape index (κ1) is 18.2. The van der Waals surface area contributed by atoms with Crippen molar-refractivity contribution in [2.45, 2.75) is 25.0 Å². The first-order valence-electron chi connectivity index (χ1n) is 9.27. The van der Waals surface area contributed by atoms with Gasteiger partial charge in [-0.1, -0.05) is 30.1 Å². The smallest absolute Gasteiger partial charge is 0.230 e. The van der Waals surface area contributed by atoms with Crippen molar-refractivity contribution in [1.82, 2.24) is 9.97 Å². The molecule has 2 aromatic heterocycles. The van der Waals surface area contributed by atoms with E-state index in [1.165, 1.54) is 6.20 Å². The first-order chi connectivity index (χ1) is 13.5. The molecular weight excluding hydrogens is 401 g/mol. The molecule has 2 aromatic rings. The molecule has 0 spiro atoms. The van der Waals surface area contributed by atoms with Crippen LogP contribution in [0.4, 0.5) is 5.69 Å². The Balaban J connectivity index is 1.46. The van der Waals surface area contributed by atoms with Crippen LogP contribution in [0.25, 0.3) is 0 Å². The van der Waals surface area contributed by atoms with Crippen molar-refractivity contribution < 1.29 is 14.3 Å². The number of carbonyl (C=O) groups excluding carboxylic acids is 1. The Bertz CT molecular complexity index is 956. The van der Waals surface area contributed by atoms with Gasteiger partial charge in [0.2, 0.25) is 11.8 Å². The highest BCUT2D eigenvalue weighted by atomic mass is 35.5. The van der Waals surface area contributed by atoms with E-state index in [0.29, 0.717) is 34.3 Å². The molecule has 1 saturated carbocycles. The van der Waals surface area contributed by atoms with E-state index in [9.17, 15) is 4.79 Å². The Morgan fingerprint density at radius 1 is 1.21 bits per heavy atom. The van der Waals surface area contributed by atoms with Gasteiger partial charge in [0, 0.05) is 18.2 Å². The Morgan fingerprint density at radius 2 is 2.00 bits per heavy atom. The third-order valence-corrected chi connectivity index (χ3v) is 7.09. The van der Waals surface area contributed by atoms with E-state index in [1.54, 1.807) is 19.4 Å². The zero-order valence-electron chi connectivity index (χ0n) is 15.3. The number of nitrogens with one attached hydrogen (secondary N) is 1. The van der Waals surface area contributed by atoms with E-state index in [4.69, 9.17) is 32.7 Å². The molecule has 1 aliphatic carbocycles. The van der Waals surface area contributed by atoms with E-state index in [2.05, 4.69) is 22.2 Å². The molecule has 5 rings (SSSR count). The number of nitrogens with zero attached hydrogens (tertiary/aromatic N) is 2. The van der Waals surface area contributed by atoms with Gasteiger partial charge >= 0.3 is 0 Å². The van der Waals surface area contributed by atoms with Crippen LogP contribution >= 0.6 is 23.2 Å². The number of carbonyl (C=O) groups is 1. The number of fused-ring (bicyclic) bond motifs is 5. The highest BCUT2D eigenvalue weighted by molar-refractivity contribution is 6.41. The summed E-state index contributed by atoms with van der Waals surface area (Å²) in [6, 6.07) is 5.45. The van der Waals surface area contributed by atoms with Crippen LogP contribution in [0.15, 0.2) is 30.6 Å². The molecule has 1 amide bonds. The number of rotatable bonds is 4. The molecule has 0 radical (unpaired) electrons. The Hall–Kier alpha value is -1.89. The summed E-state index contributed by atoms with van der Waals surface area (Å²) < 4.78 is 11.6. The van der Waals surface area contributed by atoms with Crippen molar-refractivity contribution in [3.8, 4) is 5.88 Å². The highest BCUT2D eigenvalue weighted by Crippen LogP contribution is 2.68. The fourth-order valence-corrected chi connectivity index (χ4v) is 5.42. The maximum absolute atomic E-state index is 13.3. The Labute approximate surface area is 172 Å². The number of amides is 1. The molecule has 2 bridgehead atoms. The summed E-state index contributed by atoms with van der Waals surface area (Å²) in [6.07, 6.45) is 3.18. The van der Waals surface area contributed by atoms with Crippen molar-refractivity contribution in [3.05, 3.63) is 46.3 Å². The fraction of sp³-hybridized carbons (Fsp3) is 0.450. The molecule has 8 heteroatoms. The third kappa shape index (κ3) is 2.70. The molecule has 2 aliphatic heterocycles. The van der Waals surface area contributed by atoms with E-state index in [0.717, 1.165) is 5.56 Å². The van der Waals surface area contributed by atoms with Gasteiger partial charge in [-0.3, -0.25) is 4.79 Å². The van der Waals surface area contributed by atoms with Crippen LogP contribution in [-0.2, 0) is 9.53 Å². The van der Waals surface area contributed by atoms with Crippen LogP contribution in [0.2, 0.25) is 10.2 Å². The van der Waals surface area contributed by atoms with Crippen LogP contribution in [-0.4, -0.2) is 35.2 Å². The van der Waals surface area contributed by atoms with Gasteiger partial charge in [-0.25, -0.2) is 9.97 Å². The normalized spacial score (nSPS) is 34.8. The molecule has 4 heterocycles. The van der Waals surface area contributed by atoms with Crippen molar-refractivity contribution in [2.24, 2.45) is 23.7 Å². The van der Waals surface area contributed by atoms with Gasteiger partial charge < -0.3 is 14.8 Å². The molecule has 3 fully saturated rings. The predicted molar refractivity (Wildman–Crippen MR) is 105 cm³/mol. The summed E-state index contributed by atoms with van der Waals surface area (Å²) in [5.74, 6) is 1.66. The summed E-state index contributed by atoms with van der Waals surface area (Å²) in [7, 11) is 1.59. The zero-order valence-corrected chi connectivity index (χ0v) is 16.8. The molecule has 7 unspecified atom stereocenters. The zero-order chi connectivity index (χ0) is 19.6. The quantitative estimate of drug-likeness (QED) is 0.762. The van der Waals surface area contributed by atoms with Gasteiger partial charge in [0.25, 0.3) is 0 Å². The maximum atomic E-state index is 13.3. The minimum atomic E-state index is -0.294. The number of halogens is 2. The fourth-order valence-electron chi connectivity index (χ4n) is 5.15. The highest BCUT2D eigenvalue weighted by Gasteiger charge is 2.72. The lowest BCUT2D eigenvalue weighted by Gasteiger charge is -2.27. The van der Waals surface area contributed by atoms with Gasteiger partial charge in [-0.05, 0) is 35.4 Å². The molecule has 1 N–H and O–H groups in total. The second-order valence-electron chi connectivity index (χ2n) is 7.75. The summed E-state index contributed by atoms with van der Waals surface area (Å²) in [5, 5.41) is 3.46. The second-order valence-corrected chi connectivity index (χ2v) is 8.51. The number of pyridine rings is 2. The lowest BCUT2D eigenvalue weighted by molar-refractivity contribution is -0.122. The number of methoxy groups -OCH3 is 1. The average Bonchev–Trinajstić information content (AvgIpc) is 3.05. The van der Waals surface area contributed by atoms with Gasteiger partial charge in [0.15, 0.2) is 0 Å². The van der Waals surface area contributed by atoms with Gasteiger partial charge in [-0.2, -0.15) is 0 Å². The minimum Gasteiger partial charge on any atom is -0.481 e. The lowest BCUT2D eigenvalue weighted by atomic mass is 9.75.